The summed E-state index contributed by atoms with van der Waals surface area (Å²) >= 11 is 0. The quantitative estimate of drug-likeness (QED) is 0.562. The molecule has 2 saturated carbocycles. The van der Waals surface area contributed by atoms with Crippen LogP contribution in [-0.4, -0.2) is 23.3 Å². The summed E-state index contributed by atoms with van der Waals surface area (Å²) in [4.78, 5) is 27.4. The Hall–Kier alpha value is -2.56. The molecule has 1 aromatic heterocycles. The molecule has 0 saturated heterocycles. The maximum Gasteiger partial charge on any atom is 0.225 e. The van der Waals surface area contributed by atoms with E-state index in [9.17, 15) is 9.59 Å². The van der Waals surface area contributed by atoms with Crippen LogP contribution >= 0.6 is 0 Å². The van der Waals surface area contributed by atoms with Gasteiger partial charge in [0.05, 0.1) is 0 Å². The molecule has 1 aliphatic heterocycles. The van der Waals surface area contributed by atoms with Gasteiger partial charge in [0.25, 0.3) is 0 Å². The van der Waals surface area contributed by atoms with E-state index >= 15 is 0 Å². The zero-order valence-electron chi connectivity index (χ0n) is 19.6. The molecular formula is C28H36N2O3. The van der Waals surface area contributed by atoms with Gasteiger partial charge in [-0.25, -0.2) is 0 Å². The number of anilines is 1. The highest BCUT2D eigenvalue weighted by Gasteiger charge is 2.30. The van der Waals surface area contributed by atoms with E-state index in [0.29, 0.717) is 18.9 Å². The van der Waals surface area contributed by atoms with Crippen LogP contribution < -0.4 is 5.32 Å². The van der Waals surface area contributed by atoms with Crippen LogP contribution in [0.5, 0.6) is 0 Å². The van der Waals surface area contributed by atoms with Crippen molar-refractivity contribution in [1.29, 1.82) is 0 Å². The van der Waals surface area contributed by atoms with Crippen LogP contribution in [-0.2, 0) is 22.6 Å². The van der Waals surface area contributed by atoms with Gasteiger partial charge in [0.2, 0.25) is 11.8 Å². The molecule has 176 valence electrons. The van der Waals surface area contributed by atoms with Crippen LogP contribution in [0.3, 0.4) is 0 Å². The van der Waals surface area contributed by atoms with Gasteiger partial charge in [0.1, 0.15) is 11.5 Å². The fourth-order valence-corrected chi connectivity index (χ4v) is 5.88. The molecule has 2 aromatic rings. The summed E-state index contributed by atoms with van der Waals surface area (Å²) in [5.41, 5.74) is 2.89. The van der Waals surface area contributed by atoms with Gasteiger partial charge in [-0.15, -0.1) is 0 Å². The topological polar surface area (TPSA) is 62.6 Å². The number of carbonyl (C=O) groups excluding carboxylic acids is 2. The lowest BCUT2D eigenvalue weighted by Crippen LogP contribution is -2.40. The predicted molar refractivity (Wildman–Crippen MR) is 130 cm³/mol. The Kier molecular flexibility index (Phi) is 6.84. The first-order valence-corrected chi connectivity index (χ1v) is 13.0. The fourth-order valence-electron chi connectivity index (χ4n) is 5.88. The second kappa shape index (κ2) is 10.1. The third-order valence-electron chi connectivity index (χ3n) is 7.82. The number of benzene rings is 1. The molecule has 1 N–H and O–H groups in total. The molecule has 2 heterocycles. The van der Waals surface area contributed by atoms with Gasteiger partial charge in [0.15, 0.2) is 0 Å². The number of hydrogen-bond donors (Lipinski definition) is 1. The Morgan fingerprint density at radius 3 is 2.61 bits per heavy atom. The normalized spacial score (nSPS) is 19.5. The molecule has 0 radical (unpaired) electrons. The number of furan rings is 1. The Morgan fingerprint density at radius 1 is 1.00 bits per heavy atom. The van der Waals surface area contributed by atoms with Crippen LogP contribution in [0.15, 0.2) is 34.7 Å². The second-order valence-corrected chi connectivity index (χ2v) is 10.2. The molecular weight excluding hydrogens is 412 g/mol. The summed E-state index contributed by atoms with van der Waals surface area (Å²) < 4.78 is 6.19. The minimum atomic E-state index is 0.0923. The second-order valence-electron chi connectivity index (χ2n) is 10.2. The van der Waals surface area contributed by atoms with E-state index < -0.39 is 0 Å². The van der Waals surface area contributed by atoms with Crippen LogP contribution in [0, 0.1) is 11.8 Å². The van der Waals surface area contributed by atoms with E-state index in [-0.39, 0.29) is 11.8 Å². The Morgan fingerprint density at radius 2 is 1.79 bits per heavy atom. The lowest BCUT2D eigenvalue weighted by molar-refractivity contribution is -0.137. The first kappa shape index (κ1) is 22.2. The first-order chi connectivity index (χ1) is 16.2. The van der Waals surface area contributed by atoms with Crippen molar-refractivity contribution in [3.8, 4) is 11.3 Å². The number of rotatable bonds is 6. The average molecular weight is 449 g/mol. The maximum absolute atomic E-state index is 13.0. The SMILES string of the molecule is O=C(CCC1CCCC1)Nc1cccc(-c2cc3c(o2)CCN(C(=O)C2CCCCC2)C3)c1. The standard InChI is InChI=1S/C28H36N2O3/c31-27(14-13-20-7-4-5-8-20)29-24-12-6-11-22(17-24)26-18-23-19-30(16-15-25(23)33-26)28(32)21-9-2-1-3-10-21/h6,11-12,17-18,20-21H,1-5,7-10,13-16,19H2,(H,29,31). The van der Waals surface area contributed by atoms with Crippen LogP contribution in [0.1, 0.15) is 82.0 Å². The monoisotopic (exact) mass is 448 g/mol. The highest BCUT2D eigenvalue weighted by Crippen LogP contribution is 2.33. The molecule has 3 aliphatic rings. The van der Waals surface area contributed by atoms with E-state index in [0.717, 1.165) is 66.5 Å². The first-order valence-electron chi connectivity index (χ1n) is 13.0. The van der Waals surface area contributed by atoms with Crippen molar-refractivity contribution >= 4 is 17.5 Å². The molecule has 5 heteroatoms. The van der Waals surface area contributed by atoms with E-state index in [1.165, 1.54) is 44.9 Å². The molecule has 2 aliphatic carbocycles. The van der Waals surface area contributed by atoms with Gasteiger partial charge in [-0.2, -0.15) is 0 Å². The minimum absolute atomic E-state index is 0.0923. The van der Waals surface area contributed by atoms with E-state index in [2.05, 4.69) is 11.4 Å². The van der Waals surface area contributed by atoms with Crippen molar-refractivity contribution in [3.63, 3.8) is 0 Å². The lowest BCUT2D eigenvalue weighted by atomic mass is 9.88. The van der Waals surface area contributed by atoms with Gasteiger partial charge < -0.3 is 14.6 Å². The maximum atomic E-state index is 13.0. The molecule has 33 heavy (non-hydrogen) atoms. The Bertz CT molecular complexity index is 983. The third-order valence-corrected chi connectivity index (χ3v) is 7.82. The van der Waals surface area contributed by atoms with E-state index in [4.69, 9.17) is 4.42 Å². The van der Waals surface area contributed by atoms with Crippen molar-refractivity contribution in [2.45, 2.75) is 83.6 Å². The number of nitrogens with one attached hydrogen (secondary N) is 1. The Balaban J connectivity index is 1.21. The summed E-state index contributed by atoms with van der Waals surface area (Å²) in [5.74, 6) is 3.15. The van der Waals surface area contributed by atoms with Gasteiger partial charge in [-0.05, 0) is 43.4 Å². The Labute approximate surface area is 196 Å². The lowest BCUT2D eigenvalue weighted by Gasteiger charge is -2.31. The third kappa shape index (κ3) is 5.34. The summed E-state index contributed by atoms with van der Waals surface area (Å²) in [5, 5.41) is 3.06. The van der Waals surface area contributed by atoms with Crippen LogP contribution in [0.2, 0.25) is 0 Å². The van der Waals surface area contributed by atoms with Gasteiger partial charge in [0, 0.05) is 48.7 Å². The van der Waals surface area contributed by atoms with E-state index in [1.807, 2.05) is 29.2 Å². The summed E-state index contributed by atoms with van der Waals surface area (Å²) in [6.07, 6.45) is 13.2. The van der Waals surface area contributed by atoms with Crippen molar-refractivity contribution in [2.24, 2.45) is 11.8 Å². The number of fused-ring (bicyclic) bond motifs is 1. The van der Waals surface area contributed by atoms with Crippen LogP contribution in [0.25, 0.3) is 11.3 Å². The molecule has 2 fully saturated rings. The highest BCUT2D eigenvalue weighted by atomic mass is 16.3. The minimum Gasteiger partial charge on any atom is -0.461 e. The smallest absolute Gasteiger partial charge is 0.225 e. The average Bonchev–Trinajstić information content (AvgIpc) is 3.52. The summed E-state index contributed by atoms with van der Waals surface area (Å²) in [6.45, 7) is 1.39. The number of amides is 2. The van der Waals surface area contributed by atoms with Crippen molar-refractivity contribution in [1.82, 2.24) is 4.90 Å². The van der Waals surface area contributed by atoms with Crippen LogP contribution in [0.4, 0.5) is 5.69 Å². The van der Waals surface area contributed by atoms with Gasteiger partial charge >= 0.3 is 0 Å². The van der Waals surface area contributed by atoms with Crippen molar-refractivity contribution in [3.05, 3.63) is 41.7 Å². The van der Waals surface area contributed by atoms with Gasteiger partial charge in [-0.1, -0.05) is 57.1 Å². The highest BCUT2D eigenvalue weighted by molar-refractivity contribution is 5.91. The molecule has 1 aromatic carbocycles. The fraction of sp³-hybridized carbons (Fsp3) is 0.571. The molecule has 5 rings (SSSR count). The number of nitrogens with zero attached hydrogens (tertiary/aromatic N) is 1. The zero-order valence-corrected chi connectivity index (χ0v) is 19.6. The predicted octanol–water partition coefficient (Wildman–Crippen LogP) is 6.32. The largest absolute Gasteiger partial charge is 0.461 e. The number of carbonyl (C=O) groups is 2. The zero-order chi connectivity index (χ0) is 22.6. The molecule has 0 unspecified atom stereocenters. The number of hydrogen-bond acceptors (Lipinski definition) is 3. The van der Waals surface area contributed by atoms with Crippen molar-refractivity contribution < 1.29 is 14.0 Å². The van der Waals surface area contributed by atoms with Crippen molar-refractivity contribution in [2.75, 3.05) is 11.9 Å². The molecule has 0 spiro atoms. The van der Waals surface area contributed by atoms with E-state index in [1.54, 1.807) is 0 Å². The summed E-state index contributed by atoms with van der Waals surface area (Å²) in [7, 11) is 0. The molecule has 0 atom stereocenters. The van der Waals surface area contributed by atoms with Gasteiger partial charge in [-0.3, -0.25) is 9.59 Å². The molecule has 2 amide bonds. The molecule has 0 bridgehead atoms. The molecule has 5 nitrogen and oxygen atoms in total. The summed E-state index contributed by atoms with van der Waals surface area (Å²) in [6, 6.07) is 9.98.